The number of fused-ring (bicyclic) bond motifs is 1. The first kappa shape index (κ1) is 12.8. The van der Waals surface area contributed by atoms with E-state index in [-0.39, 0.29) is 0 Å². The number of hydrogen-bond donors (Lipinski definition) is 1. The van der Waals surface area contributed by atoms with E-state index in [0.29, 0.717) is 0 Å². The van der Waals surface area contributed by atoms with Gasteiger partial charge < -0.3 is 4.98 Å². The van der Waals surface area contributed by atoms with Gasteiger partial charge >= 0.3 is 0 Å². The fourth-order valence-electron chi connectivity index (χ4n) is 2.79. The molecule has 0 radical (unpaired) electrons. The van der Waals surface area contributed by atoms with Gasteiger partial charge in [0.05, 0.1) is 5.69 Å². The van der Waals surface area contributed by atoms with Crippen molar-refractivity contribution in [1.82, 2.24) is 19.9 Å². The maximum absolute atomic E-state index is 4.49. The lowest BCUT2D eigenvalue weighted by Gasteiger charge is -2.11. The van der Waals surface area contributed by atoms with Crippen LogP contribution in [0.1, 0.15) is 29.4 Å². The molecule has 1 aromatic carbocycles. The summed E-state index contributed by atoms with van der Waals surface area (Å²) in [6.45, 7) is 8.44. The number of aromatic amines is 1. The smallest absolute Gasteiger partial charge is 0.181 e. The third kappa shape index (κ3) is 1.97. The van der Waals surface area contributed by atoms with E-state index in [4.69, 9.17) is 0 Å². The van der Waals surface area contributed by atoms with Crippen LogP contribution in [0.15, 0.2) is 18.5 Å². The predicted octanol–water partition coefficient (Wildman–Crippen LogP) is 3.51. The zero-order valence-corrected chi connectivity index (χ0v) is 12.3. The van der Waals surface area contributed by atoms with Gasteiger partial charge in [-0.2, -0.15) is 0 Å². The minimum Gasteiger partial charge on any atom is -0.339 e. The molecule has 0 unspecified atom stereocenters. The number of nitrogens with zero attached hydrogens (tertiary/aromatic N) is 3. The topological polar surface area (TPSA) is 54.5 Å². The molecule has 2 heterocycles. The van der Waals surface area contributed by atoms with Gasteiger partial charge in [0.25, 0.3) is 0 Å². The number of hydrogen-bond acceptors (Lipinski definition) is 3. The molecule has 0 saturated heterocycles. The summed E-state index contributed by atoms with van der Waals surface area (Å²) >= 11 is 0. The number of H-pyrrole nitrogens is 1. The fraction of sp³-hybridized carbons (Fsp3) is 0.312. The van der Waals surface area contributed by atoms with Crippen LogP contribution >= 0.6 is 0 Å². The molecule has 0 saturated carbocycles. The molecule has 2 aromatic heterocycles. The first-order valence-electron chi connectivity index (χ1n) is 6.88. The van der Waals surface area contributed by atoms with Crippen molar-refractivity contribution in [2.75, 3.05) is 0 Å². The van der Waals surface area contributed by atoms with Gasteiger partial charge in [0, 0.05) is 12.0 Å². The molecule has 0 fully saturated rings. The lowest BCUT2D eigenvalue weighted by molar-refractivity contribution is 0.997. The molecule has 1 N–H and O–H groups in total. The van der Waals surface area contributed by atoms with E-state index in [1.54, 1.807) is 6.33 Å². The fourth-order valence-corrected chi connectivity index (χ4v) is 2.79. The first-order chi connectivity index (χ1) is 9.60. The van der Waals surface area contributed by atoms with Crippen molar-refractivity contribution in [3.8, 4) is 11.3 Å². The summed E-state index contributed by atoms with van der Waals surface area (Å²) in [5, 5.41) is 0. The molecule has 0 spiro atoms. The van der Waals surface area contributed by atoms with Gasteiger partial charge in [0.2, 0.25) is 0 Å². The van der Waals surface area contributed by atoms with Gasteiger partial charge in [-0.15, -0.1) is 0 Å². The Labute approximate surface area is 118 Å². The lowest BCUT2D eigenvalue weighted by Crippen LogP contribution is -1.95. The van der Waals surface area contributed by atoms with Gasteiger partial charge in [0.1, 0.15) is 17.7 Å². The Morgan fingerprint density at radius 2 is 1.75 bits per heavy atom. The Hall–Kier alpha value is -2.23. The minimum absolute atomic E-state index is 0.742. The minimum atomic E-state index is 0.742. The van der Waals surface area contributed by atoms with Crippen LogP contribution in [0.25, 0.3) is 22.4 Å². The average Bonchev–Trinajstić information content (AvgIpc) is 2.81. The van der Waals surface area contributed by atoms with Gasteiger partial charge in [-0.05, 0) is 31.9 Å². The Morgan fingerprint density at radius 1 is 1.05 bits per heavy atom. The molecule has 102 valence electrons. The van der Waals surface area contributed by atoms with E-state index in [2.05, 4.69) is 59.8 Å². The number of benzene rings is 1. The van der Waals surface area contributed by atoms with E-state index >= 15 is 0 Å². The zero-order valence-electron chi connectivity index (χ0n) is 12.3. The number of rotatable bonds is 2. The Balaban J connectivity index is 2.32. The van der Waals surface area contributed by atoms with Crippen molar-refractivity contribution in [3.05, 3.63) is 41.0 Å². The molecule has 3 rings (SSSR count). The number of aromatic nitrogens is 4. The Bertz CT molecular complexity index is 763. The largest absolute Gasteiger partial charge is 0.339 e. The second-order valence-corrected chi connectivity index (χ2v) is 5.23. The summed E-state index contributed by atoms with van der Waals surface area (Å²) in [6.07, 6.45) is 2.46. The second kappa shape index (κ2) is 4.71. The van der Waals surface area contributed by atoms with Crippen LogP contribution in [0.5, 0.6) is 0 Å². The molecule has 4 heteroatoms. The van der Waals surface area contributed by atoms with E-state index in [9.17, 15) is 0 Å². The normalized spacial score (nSPS) is 11.2. The standard InChI is InChI=1S/C16H18N4/c1-5-12-19-15-14(17-8-18-16(15)20-12)13-10(3)6-9(2)7-11(13)4/h6-8H,5H2,1-4H3,(H,17,18,19,20). The summed E-state index contributed by atoms with van der Waals surface area (Å²) in [5.74, 6) is 0.948. The lowest BCUT2D eigenvalue weighted by atomic mass is 9.97. The van der Waals surface area contributed by atoms with E-state index < -0.39 is 0 Å². The molecular formula is C16H18N4. The van der Waals surface area contributed by atoms with Crippen LogP contribution in [0.3, 0.4) is 0 Å². The maximum atomic E-state index is 4.49. The van der Waals surface area contributed by atoms with Crippen LogP contribution < -0.4 is 0 Å². The number of nitrogens with one attached hydrogen (secondary N) is 1. The monoisotopic (exact) mass is 266 g/mol. The molecular weight excluding hydrogens is 248 g/mol. The van der Waals surface area contributed by atoms with Crippen LogP contribution in [0.2, 0.25) is 0 Å². The summed E-state index contributed by atoms with van der Waals surface area (Å²) in [4.78, 5) is 16.6. The highest BCUT2D eigenvalue weighted by Crippen LogP contribution is 2.30. The summed E-state index contributed by atoms with van der Waals surface area (Å²) in [7, 11) is 0. The van der Waals surface area contributed by atoms with Crippen molar-refractivity contribution in [2.45, 2.75) is 34.1 Å². The third-order valence-electron chi connectivity index (χ3n) is 3.59. The van der Waals surface area contributed by atoms with Gasteiger partial charge in [0.15, 0.2) is 5.65 Å². The SMILES string of the molecule is CCc1nc2ncnc(-c3c(C)cc(C)cc3C)c2[nH]1. The van der Waals surface area contributed by atoms with Crippen molar-refractivity contribution in [3.63, 3.8) is 0 Å². The average molecular weight is 266 g/mol. The van der Waals surface area contributed by atoms with E-state index in [0.717, 1.165) is 29.1 Å². The molecule has 0 aliphatic heterocycles. The highest BCUT2D eigenvalue weighted by molar-refractivity contribution is 5.89. The molecule has 20 heavy (non-hydrogen) atoms. The van der Waals surface area contributed by atoms with Crippen molar-refractivity contribution < 1.29 is 0 Å². The Kier molecular flexibility index (Phi) is 3.01. The summed E-state index contributed by atoms with van der Waals surface area (Å²) in [5.41, 5.74) is 7.52. The molecule has 0 amide bonds. The summed E-state index contributed by atoms with van der Waals surface area (Å²) in [6, 6.07) is 4.38. The van der Waals surface area contributed by atoms with E-state index in [1.807, 2.05) is 0 Å². The van der Waals surface area contributed by atoms with Crippen LogP contribution in [0, 0.1) is 20.8 Å². The third-order valence-corrected chi connectivity index (χ3v) is 3.59. The zero-order chi connectivity index (χ0) is 14.3. The first-order valence-corrected chi connectivity index (χ1v) is 6.88. The molecule has 0 bridgehead atoms. The maximum Gasteiger partial charge on any atom is 0.181 e. The van der Waals surface area contributed by atoms with E-state index in [1.165, 1.54) is 22.3 Å². The molecule has 0 aliphatic rings. The highest BCUT2D eigenvalue weighted by Gasteiger charge is 2.14. The van der Waals surface area contributed by atoms with Crippen LogP contribution in [0.4, 0.5) is 0 Å². The van der Waals surface area contributed by atoms with Gasteiger partial charge in [-0.3, -0.25) is 0 Å². The van der Waals surface area contributed by atoms with Crippen molar-refractivity contribution in [1.29, 1.82) is 0 Å². The Morgan fingerprint density at radius 3 is 2.40 bits per heavy atom. The van der Waals surface area contributed by atoms with Crippen LogP contribution in [-0.2, 0) is 6.42 Å². The quantitative estimate of drug-likeness (QED) is 0.772. The van der Waals surface area contributed by atoms with Gasteiger partial charge in [-0.1, -0.05) is 24.6 Å². The van der Waals surface area contributed by atoms with Gasteiger partial charge in [-0.25, -0.2) is 15.0 Å². The molecule has 0 atom stereocenters. The highest BCUT2D eigenvalue weighted by atomic mass is 15.0. The molecule has 0 aliphatic carbocycles. The molecule has 4 nitrogen and oxygen atoms in total. The number of aryl methyl sites for hydroxylation is 4. The summed E-state index contributed by atoms with van der Waals surface area (Å²) < 4.78 is 0. The van der Waals surface area contributed by atoms with Crippen LogP contribution in [-0.4, -0.2) is 19.9 Å². The van der Waals surface area contributed by atoms with Crippen molar-refractivity contribution in [2.24, 2.45) is 0 Å². The van der Waals surface area contributed by atoms with Crippen molar-refractivity contribution >= 4 is 11.2 Å². The predicted molar refractivity (Wildman–Crippen MR) is 80.7 cm³/mol. The second-order valence-electron chi connectivity index (χ2n) is 5.23. The molecule has 3 aromatic rings. The number of imidazole rings is 1.